The second-order valence-electron chi connectivity index (χ2n) is 4.68. The lowest BCUT2D eigenvalue weighted by atomic mass is 10.2. The third-order valence-corrected chi connectivity index (χ3v) is 3.92. The van der Waals surface area contributed by atoms with Crippen LogP contribution in [0, 0.1) is 0 Å². The number of esters is 1. The normalized spacial score (nSPS) is 12.8. The maximum atomic E-state index is 12.0. The molecule has 0 saturated carbocycles. The van der Waals surface area contributed by atoms with E-state index in [9.17, 15) is 4.79 Å². The first kappa shape index (κ1) is 15.2. The van der Waals surface area contributed by atoms with Crippen LogP contribution in [0.15, 0.2) is 40.9 Å². The zero-order valence-electron chi connectivity index (χ0n) is 11.5. The van der Waals surface area contributed by atoms with Crippen LogP contribution in [0.5, 0.6) is 11.5 Å². The van der Waals surface area contributed by atoms with Crippen molar-refractivity contribution in [3.63, 3.8) is 0 Å². The van der Waals surface area contributed by atoms with Gasteiger partial charge in [0.2, 0.25) is 0 Å². The maximum absolute atomic E-state index is 12.0. The molecule has 114 valence electrons. The Morgan fingerprint density at radius 1 is 1.18 bits per heavy atom. The first-order chi connectivity index (χ1) is 10.6. The second kappa shape index (κ2) is 6.58. The van der Waals surface area contributed by atoms with Crippen molar-refractivity contribution < 1.29 is 19.0 Å². The fraction of sp³-hybridized carbons (Fsp3) is 0.188. The molecule has 0 aliphatic carbocycles. The highest BCUT2D eigenvalue weighted by molar-refractivity contribution is 9.10. The van der Waals surface area contributed by atoms with Crippen LogP contribution in [0.2, 0.25) is 5.02 Å². The summed E-state index contributed by atoms with van der Waals surface area (Å²) in [5.41, 5.74) is 1.24. The average Bonchev–Trinajstić information content (AvgIpc) is 2.53. The third kappa shape index (κ3) is 3.36. The molecular weight excluding hydrogens is 372 g/mol. The SMILES string of the molecule is O=C(OCc1cc(Cl)c2c(c1)OCCO2)c1ccc(Br)cc1. The molecule has 0 aromatic heterocycles. The van der Waals surface area contributed by atoms with E-state index in [4.69, 9.17) is 25.8 Å². The molecule has 0 saturated heterocycles. The molecule has 3 rings (SSSR count). The van der Waals surface area contributed by atoms with Gasteiger partial charge in [-0.25, -0.2) is 4.79 Å². The summed E-state index contributed by atoms with van der Waals surface area (Å²) in [4.78, 5) is 12.0. The van der Waals surface area contributed by atoms with E-state index in [-0.39, 0.29) is 6.61 Å². The Bertz CT molecular complexity index is 700. The monoisotopic (exact) mass is 382 g/mol. The molecular formula is C16H12BrClO4. The topological polar surface area (TPSA) is 44.8 Å². The zero-order valence-corrected chi connectivity index (χ0v) is 13.8. The van der Waals surface area contributed by atoms with Crippen molar-refractivity contribution in [2.24, 2.45) is 0 Å². The minimum atomic E-state index is -0.390. The predicted molar refractivity (Wildman–Crippen MR) is 85.7 cm³/mol. The number of hydrogen-bond donors (Lipinski definition) is 0. The highest BCUT2D eigenvalue weighted by Crippen LogP contribution is 2.38. The van der Waals surface area contributed by atoms with E-state index in [0.717, 1.165) is 10.0 Å². The number of carbonyl (C=O) groups is 1. The average molecular weight is 384 g/mol. The maximum Gasteiger partial charge on any atom is 0.338 e. The Hall–Kier alpha value is -1.72. The summed E-state index contributed by atoms with van der Waals surface area (Å²) in [7, 11) is 0. The van der Waals surface area contributed by atoms with Crippen LogP contribution in [-0.4, -0.2) is 19.2 Å². The van der Waals surface area contributed by atoms with Crippen molar-refractivity contribution in [2.75, 3.05) is 13.2 Å². The lowest BCUT2D eigenvalue weighted by Crippen LogP contribution is -2.16. The van der Waals surface area contributed by atoms with Crippen LogP contribution in [0.1, 0.15) is 15.9 Å². The molecule has 1 aliphatic heterocycles. The van der Waals surface area contributed by atoms with Gasteiger partial charge in [-0.3, -0.25) is 0 Å². The number of fused-ring (bicyclic) bond motifs is 1. The van der Waals surface area contributed by atoms with Crippen LogP contribution in [0.4, 0.5) is 0 Å². The molecule has 0 radical (unpaired) electrons. The second-order valence-corrected chi connectivity index (χ2v) is 6.01. The lowest BCUT2D eigenvalue weighted by molar-refractivity contribution is 0.0472. The van der Waals surface area contributed by atoms with Crippen molar-refractivity contribution in [1.29, 1.82) is 0 Å². The first-order valence-corrected chi connectivity index (χ1v) is 7.81. The predicted octanol–water partition coefficient (Wildman–Crippen LogP) is 4.23. The van der Waals surface area contributed by atoms with Crippen molar-refractivity contribution in [3.05, 3.63) is 57.0 Å². The number of ether oxygens (including phenoxy) is 3. The quantitative estimate of drug-likeness (QED) is 0.744. The molecule has 2 aromatic rings. The van der Waals surface area contributed by atoms with Crippen LogP contribution in [-0.2, 0) is 11.3 Å². The summed E-state index contributed by atoms with van der Waals surface area (Å²) < 4.78 is 17.1. The van der Waals surface area contributed by atoms with E-state index in [0.29, 0.717) is 35.3 Å². The molecule has 0 unspecified atom stereocenters. The molecule has 0 spiro atoms. The minimum absolute atomic E-state index is 0.116. The standard InChI is InChI=1S/C16H12BrClO4/c17-12-3-1-11(2-4-12)16(19)22-9-10-7-13(18)15-14(8-10)20-5-6-21-15/h1-4,7-8H,5-6,9H2. The van der Waals surface area contributed by atoms with Crippen LogP contribution in [0.25, 0.3) is 0 Å². The van der Waals surface area contributed by atoms with E-state index < -0.39 is 5.97 Å². The van der Waals surface area contributed by atoms with Gasteiger partial charge in [-0.2, -0.15) is 0 Å². The molecule has 0 atom stereocenters. The molecule has 6 heteroatoms. The Labute approximate surface area is 141 Å². The van der Waals surface area contributed by atoms with Gasteiger partial charge in [0.25, 0.3) is 0 Å². The zero-order chi connectivity index (χ0) is 15.5. The van der Waals surface area contributed by atoms with Crippen LogP contribution in [0.3, 0.4) is 0 Å². The highest BCUT2D eigenvalue weighted by atomic mass is 79.9. The van der Waals surface area contributed by atoms with Crippen molar-refractivity contribution in [1.82, 2.24) is 0 Å². The smallest absolute Gasteiger partial charge is 0.338 e. The van der Waals surface area contributed by atoms with Crippen molar-refractivity contribution >= 4 is 33.5 Å². The summed E-state index contributed by atoms with van der Waals surface area (Å²) in [5.74, 6) is 0.725. The van der Waals surface area contributed by atoms with Crippen molar-refractivity contribution in [2.45, 2.75) is 6.61 Å². The summed E-state index contributed by atoms with van der Waals surface area (Å²) in [5, 5.41) is 0.451. The molecule has 0 bridgehead atoms. The number of benzene rings is 2. The number of halogens is 2. The molecule has 1 heterocycles. The summed E-state index contributed by atoms with van der Waals surface area (Å²) >= 11 is 9.47. The molecule has 0 fully saturated rings. The van der Waals surface area contributed by atoms with Gasteiger partial charge >= 0.3 is 5.97 Å². The third-order valence-electron chi connectivity index (χ3n) is 3.11. The number of rotatable bonds is 3. The highest BCUT2D eigenvalue weighted by Gasteiger charge is 2.17. The van der Waals surface area contributed by atoms with Gasteiger partial charge < -0.3 is 14.2 Å². The molecule has 22 heavy (non-hydrogen) atoms. The number of hydrogen-bond acceptors (Lipinski definition) is 4. The molecule has 4 nitrogen and oxygen atoms in total. The molecule has 2 aromatic carbocycles. The van der Waals surface area contributed by atoms with E-state index in [1.54, 1.807) is 36.4 Å². The Kier molecular flexibility index (Phi) is 4.55. The van der Waals surface area contributed by atoms with E-state index in [1.165, 1.54) is 0 Å². The fourth-order valence-corrected chi connectivity index (χ4v) is 2.62. The molecule has 1 aliphatic rings. The van der Waals surface area contributed by atoms with Gasteiger partial charge in [-0.1, -0.05) is 27.5 Å². The first-order valence-electron chi connectivity index (χ1n) is 6.64. The lowest BCUT2D eigenvalue weighted by Gasteiger charge is -2.20. The van der Waals surface area contributed by atoms with Crippen molar-refractivity contribution in [3.8, 4) is 11.5 Å². The van der Waals surface area contributed by atoms with Crippen LogP contribution < -0.4 is 9.47 Å². The molecule has 0 amide bonds. The molecule has 0 N–H and O–H groups in total. The van der Waals surface area contributed by atoms with E-state index in [1.807, 2.05) is 0 Å². The summed E-state index contributed by atoms with van der Waals surface area (Å²) in [6, 6.07) is 10.5. The van der Waals surface area contributed by atoms with E-state index in [2.05, 4.69) is 15.9 Å². The Morgan fingerprint density at radius 3 is 2.68 bits per heavy atom. The van der Waals surface area contributed by atoms with Crippen LogP contribution >= 0.6 is 27.5 Å². The Morgan fingerprint density at radius 2 is 1.91 bits per heavy atom. The van der Waals surface area contributed by atoms with Gasteiger partial charge in [-0.05, 0) is 42.0 Å². The van der Waals surface area contributed by atoms with Gasteiger partial charge in [-0.15, -0.1) is 0 Å². The van der Waals surface area contributed by atoms with Gasteiger partial charge in [0.05, 0.1) is 10.6 Å². The Balaban J connectivity index is 1.70. The summed E-state index contributed by atoms with van der Waals surface area (Å²) in [6.07, 6.45) is 0. The van der Waals surface area contributed by atoms with Gasteiger partial charge in [0, 0.05) is 4.47 Å². The minimum Gasteiger partial charge on any atom is -0.486 e. The summed E-state index contributed by atoms with van der Waals surface area (Å²) in [6.45, 7) is 1.07. The fourth-order valence-electron chi connectivity index (χ4n) is 2.07. The van der Waals surface area contributed by atoms with Gasteiger partial charge in [0.15, 0.2) is 11.5 Å². The van der Waals surface area contributed by atoms with E-state index >= 15 is 0 Å². The largest absolute Gasteiger partial charge is 0.486 e. The van der Waals surface area contributed by atoms with Gasteiger partial charge in [0.1, 0.15) is 19.8 Å². The number of carbonyl (C=O) groups excluding carboxylic acids is 1.